The fourth-order valence-corrected chi connectivity index (χ4v) is 3.11. The normalized spacial score (nSPS) is 18.8. The molecule has 8 nitrogen and oxygen atoms in total. The predicted molar refractivity (Wildman–Crippen MR) is 85.4 cm³/mol. The fourth-order valence-electron chi connectivity index (χ4n) is 3.11. The number of nitrogens with zero attached hydrogens (tertiary/aromatic N) is 4. The minimum Gasteiger partial charge on any atom is -0.454 e. The minimum absolute atomic E-state index is 0.226. The summed E-state index contributed by atoms with van der Waals surface area (Å²) < 4.78 is 23.1. The molecular formula is C17H16N4O4. The van der Waals surface area contributed by atoms with Crippen LogP contribution in [0.15, 0.2) is 35.1 Å². The third-order valence-electron chi connectivity index (χ3n) is 4.42. The third-order valence-corrected chi connectivity index (χ3v) is 4.42. The van der Waals surface area contributed by atoms with Gasteiger partial charge in [-0.25, -0.2) is 9.67 Å². The Morgan fingerprint density at radius 1 is 1.16 bits per heavy atom. The lowest BCUT2D eigenvalue weighted by molar-refractivity contribution is 0.174. The molecule has 1 saturated heterocycles. The smallest absolute Gasteiger partial charge is 0.231 e. The quantitative estimate of drug-likeness (QED) is 0.720. The lowest BCUT2D eigenvalue weighted by Crippen LogP contribution is -2.06. The molecule has 2 aliphatic rings. The van der Waals surface area contributed by atoms with Crippen molar-refractivity contribution in [2.45, 2.75) is 18.9 Å². The summed E-state index contributed by atoms with van der Waals surface area (Å²) in [6.45, 7) is 2.23. The van der Waals surface area contributed by atoms with E-state index in [1.54, 1.807) is 6.07 Å². The molecule has 0 bridgehead atoms. The molecule has 8 heteroatoms. The Labute approximate surface area is 143 Å². The topological polar surface area (TPSA) is 84.4 Å². The molecule has 0 N–H and O–H groups in total. The minimum atomic E-state index is 0.226. The van der Waals surface area contributed by atoms with Crippen LogP contribution in [0.1, 0.15) is 23.7 Å². The van der Waals surface area contributed by atoms with Crippen molar-refractivity contribution in [3.05, 3.63) is 41.9 Å². The molecule has 2 aliphatic heterocycles. The molecule has 25 heavy (non-hydrogen) atoms. The number of aromatic nitrogens is 4. The zero-order valence-electron chi connectivity index (χ0n) is 13.4. The Morgan fingerprint density at radius 3 is 2.96 bits per heavy atom. The first kappa shape index (κ1) is 14.5. The molecule has 128 valence electrons. The number of hydrogen-bond acceptors (Lipinski definition) is 7. The van der Waals surface area contributed by atoms with E-state index in [4.69, 9.17) is 28.8 Å². The van der Waals surface area contributed by atoms with E-state index in [0.29, 0.717) is 24.7 Å². The zero-order valence-corrected chi connectivity index (χ0v) is 13.4. The van der Waals surface area contributed by atoms with Crippen molar-refractivity contribution >= 4 is 0 Å². The number of benzene rings is 1. The van der Waals surface area contributed by atoms with Gasteiger partial charge in [0.15, 0.2) is 28.8 Å². The highest BCUT2D eigenvalue weighted by Gasteiger charge is 2.25. The molecule has 3 aromatic rings. The van der Waals surface area contributed by atoms with Crippen molar-refractivity contribution in [3.8, 4) is 23.0 Å². The molecule has 2 aromatic heterocycles. The van der Waals surface area contributed by atoms with Crippen LogP contribution in [0.5, 0.6) is 11.5 Å². The highest BCUT2D eigenvalue weighted by atomic mass is 16.7. The Morgan fingerprint density at radius 2 is 2.12 bits per heavy atom. The second kappa shape index (κ2) is 5.89. The molecule has 0 spiro atoms. The molecule has 0 radical (unpaired) electrons. The summed E-state index contributed by atoms with van der Waals surface area (Å²) >= 11 is 0. The van der Waals surface area contributed by atoms with Crippen LogP contribution in [0, 0.1) is 0 Å². The van der Waals surface area contributed by atoms with Crippen molar-refractivity contribution < 1.29 is 18.7 Å². The van der Waals surface area contributed by atoms with E-state index < -0.39 is 0 Å². The van der Waals surface area contributed by atoms with Gasteiger partial charge in [0.25, 0.3) is 0 Å². The van der Waals surface area contributed by atoms with Crippen LogP contribution in [-0.2, 0) is 11.3 Å². The van der Waals surface area contributed by atoms with Gasteiger partial charge in [0.05, 0.1) is 13.2 Å². The summed E-state index contributed by atoms with van der Waals surface area (Å²) in [6.07, 6.45) is 2.47. The van der Waals surface area contributed by atoms with E-state index >= 15 is 0 Å². The van der Waals surface area contributed by atoms with Crippen LogP contribution in [0.4, 0.5) is 0 Å². The Balaban J connectivity index is 1.50. The molecule has 4 heterocycles. The van der Waals surface area contributed by atoms with E-state index in [9.17, 15) is 0 Å². The lowest BCUT2D eigenvalue weighted by atomic mass is 10.1. The SMILES string of the molecule is c1cc(-c2nc([C@H]3CCOC3)nn2Cc2ccc3c(c2)OCO3)no1. The van der Waals surface area contributed by atoms with Gasteiger partial charge in [0.1, 0.15) is 6.26 Å². The van der Waals surface area contributed by atoms with Crippen LogP contribution in [0.2, 0.25) is 0 Å². The highest BCUT2D eigenvalue weighted by Crippen LogP contribution is 2.33. The molecule has 0 aliphatic carbocycles. The number of ether oxygens (including phenoxy) is 3. The van der Waals surface area contributed by atoms with Gasteiger partial charge in [0.2, 0.25) is 6.79 Å². The summed E-state index contributed by atoms with van der Waals surface area (Å²) in [5.74, 6) is 3.22. The second-order valence-electron chi connectivity index (χ2n) is 6.08. The molecule has 0 amide bonds. The largest absolute Gasteiger partial charge is 0.454 e. The average molecular weight is 340 g/mol. The Hall–Kier alpha value is -2.87. The van der Waals surface area contributed by atoms with Crippen molar-refractivity contribution in [2.24, 2.45) is 0 Å². The summed E-state index contributed by atoms with van der Waals surface area (Å²) in [4.78, 5) is 4.70. The monoisotopic (exact) mass is 340 g/mol. The van der Waals surface area contributed by atoms with Crippen LogP contribution in [0.3, 0.4) is 0 Å². The van der Waals surface area contributed by atoms with Gasteiger partial charge in [-0.1, -0.05) is 11.2 Å². The van der Waals surface area contributed by atoms with E-state index in [1.165, 1.54) is 6.26 Å². The maximum atomic E-state index is 5.47. The second-order valence-corrected chi connectivity index (χ2v) is 6.08. The molecule has 0 unspecified atom stereocenters. The van der Waals surface area contributed by atoms with Crippen LogP contribution in [0.25, 0.3) is 11.5 Å². The van der Waals surface area contributed by atoms with Crippen LogP contribution in [-0.4, -0.2) is 39.9 Å². The molecule has 1 atom stereocenters. The van der Waals surface area contributed by atoms with Gasteiger partial charge in [-0.3, -0.25) is 0 Å². The first-order valence-corrected chi connectivity index (χ1v) is 8.18. The van der Waals surface area contributed by atoms with E-state index in [0.717, 1.165) is 35.9 Å². The maximum Gasteiger partial charge on any atom is 0.231 e. The average Bonchev–Trinajstić information content (AvgIpc) is 3.39. The molecule has 5 rings (SSSR count). The number of fused-ring (bicyclic) bond motifs is 1. The van der Waals surface area contributed by atoms with Gasteiger partial charge in [0, 0.05) is 18.6 Å². The van der Waals surface area contributed by atoms with E-state index in [2.05, 4.69) is 5.16 Å². The summed E-state index contributed by atoms with van der Waals surface area (Å²) in [5.41, 5.74) is 1.71. The van der Waals surface area contributed by atoms with Gasteiger partial charge in [-0.2, -0.15) is 5.10 Å². The number of rotatable bonds is 4. The fraction of sp³-hybridized carbons (Fsp3) is 0.353. The summed E-state index contributed by atoms with van der Waals surface area (Å²) in [7, 11) is 0. The van der Waals surface area contributed by atoms with Gasteiger partial charge < -0.3 is 18.7 Å². The first-order chi connectivity index (χ1) is 12.4. The number of hydrogen-bond donors (Lipinski definition) is 0. The maximum absolute atomic E-state index is 5.47. The van der Waals surface area contributed by atoms with Gasteiger partial charge in [-0.15, -0.1) is 0 Å². The van der Waals surface area contributed by atoms with Crippen molar-refractivity contribution in [1.29, 1.82) is 0 Å². The standard InChI is InChI=1S/C17H16N4O4/c1-2-14-15(24-10-23-14)7-11(1)8-21-17(13-4-6-25-20-13)18-16(19-21)12-3-5-22-9-12/h1-2,4,6-7,12H,3,5,8-10H2/t12-/m0/s1. The van der Waals surface area contributed by atoms with Crippen LogP contribution < -0.4 is 9.47 Å². The lowest BCUT2D eigenvalue weighted by Gasteiger charge is -2.05. The molecule has 1 fully saturated rings. The van der Waals surface area contributed by atoms with E-state index in [-0.39, 0.29) is 12.7 Å². The first-order valence-electron chi connectivity index (χ1n) is 8.18. The highest BCUT2D eigenvalue weighted by molar-refractivity contribution is 5.49. The van der Waals surface area contributed by atoms with E-state index in [1.807, 2.05) is 22.9 Å². The van der Waals surface area contributed by atoms with Gasteiger partial charge >= 0.3 is 0 Å². The van der Waals surface area contributed by atoms with Gasteiger partial charge in [-0.05, 0) is 24.1 Å². The summed E-state index contributed by atoms with van der Waals surface area (Å²) in [6, 6.07) is 7.67. The Bertz CT molecular complexity index is 884. The Kier molecular flexibility index (Phi) is 3.41. The van der Waals surface area contributed by atoms with Crippen LogP contribution >= 0.6 is 0 Å². The summed E-state index contributed by atoms with van der Waals surface area (Å²) in [5, 5.41) is 8.72. The molecule has 0 saturated carbocycles. The molecular weight excluding hydrogens is 324 g/mol. The van der Waals surface area contributed by atoms with Crippen molar-refractivity contribution in [1.82, 2.24) is 19.9 Å². The zero-order chi connectivity index (χ0) is 16.6. The van der Waals surface area contributed by atoms with Crippen molar-refractivity contribution in [2.75, 3.05) is 20.0 Å². The van der Waals surface area contributed by atoms with Crippen molar-refractivity contribution in [3.63, 3.8) is 0 Å². The third kappa shape index (κ3) is 2.64. The predicted octanol–water partition coefficient (Wildman–Crippen LogP) is 2.21. The molecule has 1 aromatic carbocycles.